The van der Waals surface area contributed by atoms with E-state index in [2.05, 4.69) is 64.9 Å². The number of nitrogens with zero attached hydrogens (tertiary/aromatic N) is 4. The molecule has 0 saturated carbocycles. The van der Waals surface area contributed by atoms with Crippen LogP contribution in [-0.4, -0.2) is 78.5 Å². The van der Waals surface area contributed by atoms with Gasteiger partial charge in [0.05, 0.1) is 0 Å². The molecule has 0 atom stereocenters. The molecule has 1 amide bonds. The lowest BCUT2D eigenvalue weighted by atomic mass is 10.1. The Kier molecular flexibility index (Phi) is 7.35. The molecule has 0 unspecified atom stereocenters. The smallest absolute Gasteiger partial charge is 0.253 e. The van der Waals surface area contributed by atoms with Gasteiger partial charge in [0.15, 0.2) is 0 Å². The van der Waals surface area contributed by atoms with Crippen molar-refractivity contribution >= 4 is 27.7 Å². The van der Waals surface area contributed by atoms with E-state index < -0.39 is 0 Å². The molecular formula is C30H35FN4O. The first-order valence-corrected chi connectivity index (χ1v) is 12.9. The van der Waals surface area contributed by atoms with Crippen LogP contribution in [0.1, 0.15) is 22.3 Å². The number of halogens is 1. The second-order valence-corrected chi connectivity index (χ2v) is 10.1. The van der Waals surface area contributed by atoms with Crippen molar-refractivity contribution in [3.05, 3.63) is 83.7 Å². The Balaban J connectivity index is 1.27. The van der Waals surface area contributed by atoms with E-state index in [4.69, 9.17) is 0 Å². The number of carbonyl (C=O) groups is 1. The zero-order valence-electron chi connectivity index (χ0n) is 21.3. The molecule has 0 aliphatic carbocycles. The Morgan fingerprint density at radius 2 is 1.64 bits per heavy atom. The highest BCUT2D eigenvalue weighted by molar-refractivity contribution is 6.10. The van der Waals surface area contributed by atoms with Gasteiger partial charge in [-0.15, -0.1) is 0 Å². The van der Waals surface area contributed by atoms with Crippen molar-refractivity contribution in [1.82, 2.24) is 19.3 Å². The van der Waals surface area contributed by atoms with Gasteiger partial charge in [-0.3, -0.25) is 9.69 Å². The van der Waals surface area contributed by atoms with Crippen molar-refractivity contribution in [3.63, 3.8) is 0 Å². The summed E-state index contributed by atoms with van der Waals surface area (Å²) < 4.78 is 15.8. The summed E-state index contributed by atoms with van der Waals surface area (Å²) in [5.74, 6) is -0.0808. The van der Waals surface area contributed by atoms with Gasteiger partial charge in [-0.25, -0.2) is 4.39 Å². The maximum Gasteiger partial charge on any atom is 0.253 e. The average molecular weight is 487 g/mol. The Bertz CT molecular complexity index is 1350. The number of aryl methyl sites for hydroxylation is 1. The van der Waals surface area contributed by atoms with Crippen LogP contribution >= 0.6 is 0 Å². The van der Waals surface area contributed by atoms with Gasteiger partial charge in [0.25, 0.3) is 5.91 Å². The highest BCUT2D eigenvalue weighted by Gasteiger charge is 2.23. The third-order valence-corrected chi connectivity index (χ3v) is 7.27. The fraction of sp³-hybridized carbons (Fsp3) is 0.367. The van der Waals surface area contributed by atoms with Crippen LogP contribution < -0.4 is 0 Å². The maximum absolute atomic E-state index is 13.4. The van der Waals surface area contributed by atoms with Crippen LogP contribution in [0, 0.1) is 5.82 Å². The molecule has 2 heterocycles. The minimum Gasteiger partial charge on any atom is -0.340 e. The summed E-state index contributed by atoms with van der Waals surface area (Å²) in [4.78, 5) is 20.0. The molecule has 1 aliphatic rings. The Morgan fingerprint density at radius 3 is 2.42 bits per heavy atom. The normalized spacial score (nSPS) is 14.8. The molecular weight excluding hydrogens is 451 g/mol. The topological polar surface area (TPSA) is 31.7 Å². The highest BCUT2D eigenvalue weighted by atomic mass is 19.1. The summed E-state index contributed by atoms with van der Waals surface area (Å²) in [7, 11) is 4.21. The van der Waals surface area contributed by atoms with E-state index in [1.54, 1.807) is 12.1 Å². The van der Waals surface area contributed by atoms with Gasteiger partial charge in [0, 0.05) is 66.6 Å². The molecule has 0 spiro atoms. The van der Waals surface area contributed by atoms with Gasteiger partial charge < -0.3 is 14.4 Å². The molecule has 4 aromatic rings. The number of aromatic nitrogens is 1. The van der Waals surface area contributed by atoms with E-state index in [0.29, 0.717) is 13.1 Å². The van der Waals surface area contributed by atoms with Crippen LogP contribution in [0.3, 0.4) is 0 Å². The molecule has 1 saturated heterocycles. The molecule has 5 nitrogen and oxygen atoms in total. The fourth-order valence-electron chi connectivity index (χ4n) is 5.31. The molecule has 0 bridgehead atoms. The van der Waals surface area contributed by atoms with Crippen molar-refractivity contribution < 1.29 is 9.18 Å². The van der Waals surface area contributed by atoms with Gasteiger partial charge in [-0.1, -0.05) is 30.3 Å². The van der Waals surface area contributed by atoms with Crippen molar-refractivity contribution in [1.29, 1.82) is 0 Å². The Labute approximate surface area is 212 Å². The molecule has 1 aromatic heterocycles. The number of hydrogen-bond acceptors (Lipinski definition) is 3. The van der Waals surface area contributed by atoms with E-state index in [0.717, 1.165) is 62.1 Å². The van der Waals surface area contributed by atoms with Gasteiger partial charge >= 0.3 is 0 Å². The van der Waals surface area contributed by atoms with Crippen LogP contribution in [0.2, 0.25) is 0 Å². The molecule has 188 valence electrons. The predicted octanol–water partition coefficient (Wildman–Crippen LogP) is 4.89. The lowest BCUT2D eigenvalue weighted by Gasteiger charge is -2.34. The van der Waals surface area contributed by atoms with E-state index in [1.165, 1.54) is 22.5 Å². The monoisotopic (exact) mass is 486 g/mol. The molecule has 6 heteroatoms. The van der Waals surface area contributed by atoms with Crippen molar-refractivity contribution in [2.75, 3.05) is 53.4 Å². The number of rotatable bonds is 8. The maximum atomic E-state index is 13.4. The number of para-hydroxylation sites is 1. The summed E-state index contributed by atoms with van der Waals surface area (Å²) in [6.45, 7) is 5.98. The van der Waals surface area contributed by atoms with Crippen LogP contribution in [0.25, 0.3) is 21.8 Å². The van der Waals surface area contributed by atoms with E-state index in [-0.39, 0.29) is 11.7 Å². The van der Waals surface area contributed by atoms with Crippen LogP contribution in [0.15, 0.2) is 66.7 Å². The molecule has 3 aromatic carbocycles. The van der Waals surface area contributed by atoms with Gasteiger partial charge in [-0.2, -0.15) is 0 Å². The minimum absolute atomic E-state index is 0.103. The summed E-state index contributed by atoms with van der Waals surface area (Å²) in [5.41, 5.74) is 4.19. The molecule has 1 fully saturated rings. The average Bonchev–Trinajstić information content (AvgIpc) is 3.20. The number of amides is 1. The molecule has 1 aliphatic heterocycles. The Hall–Kier alpha value is -3.22. The lowest BCUT2D eigenvalue weighted by Crippen LogP contribution is -2.49. The third kappa shape index (κ3) is 5.30. The van der Waals surface area contributed by atoms with Gasteiger partial charge in [0.2, 0.25) is 0 Å². The minimum atomic E-state index is -0.184. The molecule has 0 N–H and O–H groups in total. The third-order valence-electron chi connectivity index (χ3n) is 7.27. The van der Waals surface area contributed by atoms with Crippen molar-refractivity contribution in [2.45, 2.75) is 19.4 Å². The SMILES string of the molecule is CN(C)CCCn1c2ccccc2c2cc(C(=O)N3CCN(CCc4cccc(F)c4)CC3)ccc21. The lowest BCUT2D eigenvalue weighted by molar-refractivity contribution is 0.0638. The number of hydrogen-bond donors (Lipinski definition) is 0. The van der Waals surface area contributed by atoms with Crippen LogP contribution in [0.4, 0.5) is 4.39 Å². The fourth-order valence-corrected chi connectivity index (χ4v) is 5.31. The number of benzene rings is 3. The van der Waals surface area contributed by atoms with E-state index >= 15 is 0 Å². The summed E-state index contributed by atoms with van der Waals surface area (Å²) in [5, 5.41) is 2.35. The number of fused-ring (bicyclic) bond motifs is 3. The zero-order valence-corrected chi connectivity index (χ0v) is 21.3. The highest BCUT2D eigenvalue weighted by Crippen LogP contribution is 2.30. The largest absolute Gasteiger partial charge is 0.340 e. The first-order valence-electron chi connectivity index (χ1n) is 12.9. The van der Waals surface area contributed by atoms with Crippen LogP contribution in [-0.2, 0) is 13.0 Å². The summed E-state index contributed by atoms with van der Waals surface area (Å²) in [6, 6.07) is 21.5. The van der Waals surface area contributed by atoms with Crippen molar-refractivity contribution in [2.24, 2.45) is 0 Å². The first-order chi connectivity index (χ1) is 17.5. The van der Waals surface area contributed by atoms with E-state index in [9.17, 15) is 9.18 Å². The Morgan fingerprint density at radius 1 is 0.861 bits per heavy atom. The molecule has 36 heavy (non-hydrogen) atoms. The van der Waals surface area contributed by atoms with E-state index in [1.807, 2.05) is 17.0 Å². The van der Waals surface area contributed by atoms with Crippen molar-refractivity contribution in [3.8, 4) is 0 Å². The summed E-state index contributed by atoms with van der Waals surface area (Å²) >= 11 is 0. The quantitative estimate of drug-likeness (QED) is 0.356. The zero-order chi connectivity index (χ0) is 25.1. The number of carbonyl (C=O) groups excluding carboxylic acids is 1. The number of piperazine rings is 1. The molecule has 5 rings (SSSR count). The van der Waals surface area contributed by atoms with Gasteiger partial charge in [-0.05, 0) is 75.4 Å². The van der Waals surface area contributed by atoms with Crippen LogP contribution in [0.5, 0.6) is 0 Å². The standard InChI is InChI=1S/C30H35FN4O/c1-32(2)14-6-15-35-28-10-4-3-9-26(28)27-22-24(11-12-29(27)35)30(36)34-19-17-33(18-20-34)16-13-23-7-5-8-25(31)21-23/h3-5,7-12,21-22H,6,13-20H2,1-2H3. The first kappa shape index (κ1) is 24.5. The summed E-state index contributed by atoms with van der Waals surface area (Å²) in [6.07, 6.45) is 1.89. The predicted molar refractivity (Wildman–Crippen MR) is 145 cm³/mol. The second kappa shape index (κ2) is 10.8. The second-order valence-electron chi connectivity index (χ2n) is 10.1. The van der Waals surface area contributed by atoms with Gasteiger partial charge in [0.1, 0.15) is 5.82 Å². The molecule has 0 radical (unpaired) electrons.